The SMILES string of the molecule is Cc1cc(C(=O)OC(C)C(=O)c2ccccc2)c2ccc(Cl)c(C)c2n1. The highest BCUT2D eigenvalue weighted by molar-refractivity contribution is 6.32. The van der Waals surface area contributed by atoms with E-state index in [2.05, 4.69) is 4.98 Å². The second-order valence-corrected chi connectivity index (χ2v) is 6.56. The highest BCUT2D eigenvalue weighted by Crippen LogP contribution is 2.27. The quantitative estimate of drug-likeness (QED) is 0.484. The molecule has 26 heavy (non-hydrogen) atoms. The van der Waals surface area contributed by atoms with E-state index in [0.29, 0.717) is 32.7 Å². The zero-order chi connectivity index (χ0) is 18.8. The lowest BCUT2D eigenvalue weighted by Gasteiger charge is -2.14. The summed E-state index contributed by atoms with van der Waals surface area (Å²) in [4.78, 5) is 29.6. The molecule has 2 aromatic carbocycles. The summed E-state index contributed by atoms with van der Waals surface area (Å²) in [6, 6.07) is 13.9. The van der Waals surface area contributed by atoms with Crippen molar-refractivity contribution in [3.8, 4) is 0 Å². The minimum Gasteiger partial charge on any atom is -0.451 e. The molecule has 1 heterocycles. The van der Waals surface area contributed by atoms with E-state index in [9.17, 15) is 9.59 Å². The predicted octanol–water partition coefficient (Wildman–Crippen LogP) is 4.93. The van der Waals surface area contributed by atoms with Gasteiger partial charge in [0.15, 0.2) is 6.10 Å². The number of hydrogen-bond acceptors (Lipinski definition) is 4. The summed E-state index contributed by atoms with van der Waals surface area (Å²) in [5.41, 5.74) is 3.02. The number of ether oxygens (including phenoxy) is 1. The molecule has 4 nitrogen and oxygen atoms in total. The molecule has 0 saturated carbocycles. The third-order valence-electron chi connectivity index (χ3n) is 4.23. The Balaban J connectivity index is 1.93. The van der Waals surface area contributed by atoms with Crippen LogP contribution >= 0.6 is 11.6 Å². The monoisotopic (exact) mass is 367 g/mol. The first-order chi connectivity index (χ1) is 12.4. The molecule has 0 fully saturated rings. The molecule has 3 rings (SSSR count). The average Bonchev–Trinajstić information content (AvgIpc) is 2.64. The van der Waals surface area contributed by atoms with Gasteiger partial charge < -0.3 is 4.74 Å². The molecule has 0 bridgehead atoms. The number of hydrogen-bond donors (Lipinski definition) is 0. The standard InChI is InChI=1S/C21H18ClNO3/c1-12-11-17(16-9-10-18(22)13(2)19(16)23-12)21(25)26-14(3)20(24)15-7-5-4-6-8-15/h4-11,14H,1-3H3. The number of aromatic nitrogens is 1. The van der Waals surface area contributed by atoms with Crippen LogP contribution in [0.2, 0.25) is 5.02 Å². The Hall–Kier alpha value is -2.72. The molecule has 0 spiro atoms. The van der Waals surface area contributed by atoms with Crippen LogP contribution < -0.4 is 0 Å². The van der Waals surface area contributed by atoms with E-state index in [0.717, 1.165) is 5.56 Å². The van der Waals surface area contributed by atoms with Crippen LogP contribution in [-0.2, 0) is 4.74 Å². The van der Waals surface area contributed by atoms with Gasteiger partial charge in [-0.25, -0.2) is 4.79 Å². The Morgan fingerprint density at radius 2 is 1.77 bits per heavy atom. The summed E-state index contributed by atoms with van der Waals surface area (Å²) in [7, 11) is 0. The number of pyridine rings is 1. The van der Waals surface area contributed by atoms with Crippen LogP contribution in [0.3, 0.4) is 0 Å². The minimum absolute atomic E-state index is 0.242. The highest BCUT2D eigenvalue weighted by atomic mass is 35.5. The number of rotatable bonds is 4. The number of carbonyl (C=O) groups is 2. The molecular formula is C21H18ClNO3. The van der Waals surface area contributed by atoms with Crippen LogP contribution in [-0.4, -0.2) is 22.8 Å². The van der Waals surface area contributed by atoms with Gasteiger partial charge in [0.1, 0.15) is 0 Å². The molecule has 132 valence electrons. The summed E-state index contributed by atoms with van der Waals surface area (Å²) in [6.45, 7) is 5.23. The van der Waals surface area contributed by atoms with Gasteiger partial charge in [-0.05, 0) is 38.5 Å². The van der Waals surface area contributed by atoms with Crippen molar-refractivity contribution in [1.29, 1.82) is 0 Å². The Kier molecular flexibility index (Phi) is 5.05. The third kappa shape index (κ3) is 3.46. The molecule has 0 saturated heterocycles. The summed E-state index contributed by atoms with van der Waals surface area (Å²) >= 11 is 6.16. The van der Waals surface area contributed by atoms with Crippen LogP contribution in [0.25, 0.3) is 10.9 Å². The molecule has 0 aliphatic heterocycles. The van der Waals surface area contributed by atoms with Crippen molar-refractivity contribution in [3.63, 3.8) is 0 Å². The number of nitrogens with zero attached hydrogens (tertiary/aromatic N) is 1. The van der Waals surface area contributed by atoms with E-state index in [1.807, 2.05) is 13.0 Å². The van der Waals surface area contributed by atoms with E-state index < -0.39 is 12.1 Å². The molecule has 1 aromatic heterocycles. The Bertz CT molecular complexity index is 999. The van der Waals surface area contributed by atoms with Crippen molar-refractivity contribution in [3.05, 3.63) is 75.9 Å². The topological polar surface area (TPSA) is 56.3 Å². The molecule has 0 aliphatic rings. The number of fused-ring (bicyclic) bond motifs is 1. The largest absolute Gasteiger partial charge is 0.451 e. The number of halogens is 1. The van der Waals surface area contributed by atoms with Gasteiger partial charge in [-0.3, -0.25) is 9.78 Å². The van der Waals surface area contributed by atoms with E-state index in [1.54, 1.807) is 56.3 Å². The number of esters is 1. The first-order valence-electron chi connectivity index (χ1n) is 8.25. The summed E-state index contributed by atoms with van der Waals surface area (Å²) < 4.78 is 5.44. The molecule has 1 atom stereocenters. The van der Waals surface area contributed by atoms with E-state index >= 15 is 0 Å². The minimum atomic E-state index is -0.887. The smallest absolute Gasteiger partial charge is 0.339 e. The van der Waals surface area contributed by atoms with Crippen LogP contribution in [0.1, 0.15) is 38.9 Å². The lowest BCUT2D eigenvalue weighted by molar-refractivity contribution is 0.0320. The van der Waals surface area contributed by atoms with Gasteiger partial charge in [0.25, 0.3) is 0 Å². The van der Waals surface area contributed by atoms with Crippen molar-refractivity contribution in [1.82, 2.24) is 4.98 Å². The van der Waals surface area contributed by atoms with Crippen LogP contribution in [0, 0.1) is 13.8 Å². The molecule has 5 heteroatoms. The summed E-state index contributed by atoms with van der Waals surface area (Å²) in [5.74, 6) is -0.799. The fourth-order valence-corrected chi connectivity index (χ4v) is 2.97. The van der Waals surface area contributed by atoms with Crippen LogP contribution in [0.4, 0.5) is 0 Å². The third-order valence-corrected chi connectivity index (χ3v) is 4.64. The lowest BCUT2D eigenvalue weighted by Crippen LogP contribution is -2.24. The van der Waals surface area contributed by atoms with Gasteiger partial charge in [0.2, 0.25) is 5.78 Å². The second-order valence-electron chi connectivity index (χ2n) is 6.16. The van der Waals surface area contributed by atoms with E-state index in [-0.39, 0.29) is 5.78 Å². The highest BCUT2D eigenvalue weighted by Gasteiger charge is 2.22. The number of carbonyl (C=O) groups excluding carboxylic acids is 2. The maximum Gasteiger partial charge on any atom is 0.339 e. The Morgan fingerprint density at radius 1 is 1.08 bits per heavy atom. The van der Waals surface area contributed by atoms with Gasteiger partial charge in [-0.1, -0.05) is 48.0 Å². The Morgan fingerprint density at radius 3 is 2.46 bits per heavy atom. The zero-order valence-electron chi connectivity index (χ0n) is 14.7. The van der Waals surface area contributed by atoms with E-state index in [1.165, 1.54) is 0 Å². The van der Waals surface area contributed by atoms with Crippen molar-refractivity contribution in [2.45, 2.75) is 26.9 Å². The predicted molar refractivity (Wildman–Crippen MR) is 102 cm³/mol. The molecule has 3 aromatic rings. The van der Waals surface area contributed by atoms with Gasteiger partial charge in [-0.2, -0.15) is 0 Å². The van der Waals surface area contributed by atoms with Gasteiger partial charge in [0.05, 0.1) is 11.1 Å². The molecule has 0 amide bonds. The summed E-state index contributed by atoms with van der Waals surface area (Å²) in [6.07, 6.45) is -0.887. The first-order valence-corrected chi connectivity index (χ1v) is 8.63. The van der Waals surface area contributed by atoms with Crippen molar-refractivity contribution < 1.29 is 14.3 Å². The number of benzene rings is 2. The number of Topliss-reactive ketones (excluding diaryl/α,β-unsaturated/α-hetero) is 1. The maximum atomic E-state index is 12.7. The zero-order valence-corrected chi connectivity index (χ0v) is 15.5. The molecule has 0 N–H and O–H groups in total. The molecular weight excluding hydrogens is 350 g/mol. The first kappa shape index (κ1) is 18.1. The van der Waals surface area contributed by atoms with Gasteiger partial charge >= 0.3 is 5.97 Å². The Labute approximate surface area is 156 Å². The fourth-order valence-electron chi connectivity index (χ4n) is 2.82. The molecule has 1 unspecified atom stereocenters. The normalized spacial score (nSPS) is 12.0. The maximum absolute atomic E-state index is 12.7. The van der Waals surface area contributed by atoms with Crippen LogP contribution in [0.5, 0.6) is 0 Å². The van der Waals surface area contributed by atoms with Gasteiger partial charge in [0, 0.05) is 21.7 Å². The van der Waals surface area contributed by atoms with Crippen molar-refractivity contribution in [2.75, 3.05) is 0 Å². The fraction of sp³-hybridized carbons (Fsp3) is 0.190. The van der Waals surface area contributed by atoms with Crippen LogP contribution in [0.15, 0.2) is 48.5 Å². The molecule has 0 radical (unpaired) electrons. The molecule has 0 aliphatic carbocycles. The summed E-state index contributed by atoms with van der Waals surface area (Å²) in [5, 5.41) is 1.24. The van der Waals surface area contributed by atoms with Crippen molar-refractivity contribution in [2.24, 2.45) is 0 Å². The lowest BCUT2D eigenvalue weighted by atomic mass is 10.0. The number of aryl methyl sites for hydroxylation is 2. The van der Waals surface area contributed by atoms with Crippen molar-refractivity contribution >= 4 is 34.3 Å². The van der Waals surface area contributed by atoms with E-state index in [4.69, 9.17) is 16.3 Å². The second kappa shape index (κ2) is 7.26. The number of ketones is 1. The van der Waals surface area contributed by atoms with Gasteiger partial charge in [-0.15, -0.1) is 0 Å². The average molecular weight is 368 g/mol.